The number of hydrogen-bond donors (Lipinski definition) is 1. The first-order valence-corrected chi connectivity index (χ1v) is 12.0. The van der Waals surface area contributed by atoms with E-state index in [1.807, 2.05) is 53.4 Å². The molecule has 8 nitrogen and oxygen atoms in total. The third kappa shape index (κ3) is 5.43. The van der Waals surface area contributed by atoms with Gasteiger partial charge in [-0.15, -0.1) is 0 Å². The molecule has 0 saturated carbocycles. The van der Waals surface area contributed by atoms with Crippen molar-refractivity contribution in [3.63, 3.8) is 0 Å². The van der Waals surface area contributed by atoms with Crippen molar-refractivity contribution >= 4 is 28.1 Å². The molecule has 1 aromatic heterocycles. The van der Waals surface area contributed by atoms with Gasteiger partial charge < -0.3 is 29.3 Å². The number of hydrogen-bond acceptors (Lipinski definition) is 8. The molecule has 180 valence electrons. The molecule has 9 heteroatoms. The summed E-state index contributed by atoms with van der Waals surface area (Å²) in [6, 6.07) is 15.7. The normalized spacial score (nSPS) is 13.6. The molecule has 0 bridgehead atoms. The molecular weight excluding hydrogens is 452 g/mol. The fourth-order valence-corrected chi connectivity index (χ4v) is 4.86. The van der Waals surface area contributed by atoms with Crippen LogP contribution in [0.1, 0.15) is 9.67 Å². The predicted molar refractivity (Wildman–Crippen MR) is 136 cm³/mol. The summed E-state index contributed by atoms with van der Waals surface area (Å²) in [5, 5.41) is 3.99. The largest absolute Gasteiger partial charge is 0.497 e. The fraction of sp³-hybridized carbons (Fsp3) is 0.360. The summed E-state index contributed by atoms with van der Waals surface area (Å²) >= 11 is 1.40. The Morgan fingerprint density at radius 3 is 2.29 bits per heavy atom. The van der Waals surface area contributed by atoms with Gasteiger partial charge in [0.1, 0.15) is 16.4 Å². The first kappa shape index (κ1) is 23.8. The lowest BCUT2D eigenvalue weighted by atomic mass is 10.1. The van der Waals surface area contributed by atoms with Gasteiger partial charge in [-0.1, -0.05) is 41.7 Å². The number of thiazole rings is 1. The summed E-state index contributed by atoms with van der Waals surface area (Å²) < 4.78 is 15.9. The van der Waals surface area contributed by atoms with Gasteiger partial charge in [-0.05, 0) is 0 Å². The summed E-state index contributed by atoms with van der Waals surface area (Å²) in [5.74, 6) is 1.51. The monoisotopic (exact) mass is 482 g/mol. The molecule has 2 heterocycles. The van der Waals surface area contributed by atoms with E-state index in [2.05, 4.69) is 10.2 Å². The number of anilines is 2. The fourth-order valence-electron chi connectivity index (χ4n) is 3.88. The van der Waals surface area contributed by atoms with E-state index in [9.17, 15) is 4.79 Å². The highest BCUT2D eigenvalue weighted by Gasteiger charge is 2.27. The molecular formula is C25H30N4O4S. The van der Waals surface area contributed by atoms with Crippen LogP contribution in [0.3, 0.4) is 0 Å². The minimum Gasteiger partial charge on any atom is -0.497 e. The number of nitrogens with zero attached hydrogens (tertiary/aromatic N) is 3. The van der Waals surface area contributed by atoms with Crippen LogP contribution in [0.2, 0.25) is 0 Å². The Morgan fingerprint density at radius 2 is 1.68 bits per heavy atom. The molecule has 3 aromatic rings. The first-order valence-electron chi connectivity index (χ1n) is 11.2. The van der Waals surface area contributed by atoms with Gasteiger partial charge in [0.15, 0.2) is 5.13 Å². The van der Waals surface area contributed by atoms with E-state index in [0.717, 1.165) is 46.7 Å². The van der Waals surface area contributed by atoms with Gasteiger partial charge >= 0.3 is 0 Å². The molecule has 0 spiro atoms. The van der Waals surface area contributed by atoms with Crippen LogP contribution in [0.15, 0.2) is 48.5 Å². The molecule has 34 heavy (non-hydrogen) atoms. The van der Waals surface area contributed by atoms with Gasteiger partial charge in [-0.3, -0.25) is 4.79 Å². The molecule has 4 rings (SSSR count). The Morgan fingerprint density at radius 1 is 1.00 bits per heavy atom. The highest BCUT2D eigenvalue weighted by molar-refractivity contribution is 7.18. The van der Waals surface area contributed by atoms with E-state index >= 15 is 0 Å². The summed E-state index contributed by atoms with van der Waals surface area (Å²) in [6.45, 7) is 3.89. The van der Waals surface area contributed by atoms with Crippen LogP contribution < -0.4 is 19.7 Å². The van der Waals surface area contributed by atoms with Gasteiger partial charge in [-0.25, -0.2) is 4.98 Å². The molecule has 1 aliphatic rings. The smallest absolute Gasteiger partial charge is 0.266 e. The maximum Gasteiger partial charge on any atom is 0.266 e. The molecule has 0 radical (unpaired) electrons. The van der Waals surface area contributed by atoms with Crippen LogP contribution in [0.25, 0.3) is 11.3 Å². The molecule has 1 amide bonds. The molecule has 1 N–H and O–H groups in total. The molecule has 0 atom stereocenters. The highest BCUT2D eigenvalue weighted by atomic mass is 32.1. The van der Waals surface area contributed by atoms with Crippen LogP contribution in [-0.4, -0.2) is 76.5 Å². The third-order valence-electron chi connectivity index (χ3n) is 5.72. The van der Waals surface area contributed by atoms with Crippen LogP contribution in [0.5, 0.6) is 11.5 Å². The van der Waals surface area contributed by atoms with Crippen molar-refractivity contribution in [1.82, 2.24) is 9.88 Å². The maximum absolute atomic E-state index is 13.6. The highest BCUT2D eigenvalue weighted by Crippen LogP contribution is 2.33. The summed E-state index contributed by atoms with van der Waals surface area (Å²) in [5.41, 5.74) is 2.68. The van der Waals surface area contributed by atoms with Crippen LogP contribution >= 0.6 is 11.3 Å². The van der Waals surface area contributed by atoms with Crippen LogP contribution in [0, 0.1) is 0 Å². The van der Waals surface area contributed by atoms with Gasteiger partial charge in [0.25, 0.3) is 5.91 Å². The number of ether oxygens (including phenoxy) is 3. The lowest BCUT2D eigenvalue weighted by Crippen LogP contribution is -2.48. The number of nitrogens with one attached hydrogen (secondary N) is 1. The topological polar surface area (TPSA) is 76.2 Å². The Kier molecular flexibility index (Phi) is 7.87. The molecule has 1 saturated heterocycles. The first-order chi connectivity index (χ1) is 16.6. The van der Waals surface area contributed by atoms with Crippen molar-refractivity contribution in [2.45, 2.75) is 0 Å². The van der Waals surface area contributed by atoms with Crippen LogP contribution in [0.4, 0.5) is 10.8 Å². The van der Waals surface area contributed by atoms with E-state index in [4.69, 9.17) is 19.2 Å². The quantitative estimate of drug-likeness (QED) is 0.464. The number of benzene rings is 2. The van der Waals surface area contributed by atoms with E-state index < -0.39 is 0 Å². The zero-order valence-electron chi connectivity index (χ0n) is 19.7. The molecule has 0 unspecified atom stereocenters. The molecule has 1 aliphatic heterocycles. The molecule has 2 aromatic carbocycles. The predicted octanol–water partition coefficient (Wildman–Crippen LogP) is 3.85. The number of aromatic nitrogens is 1. The third-order valence-corrected chi connectivity index (χ3v) is 6.72. The van der Waals surface area contributed by atoms with Crippen molar-refractivity contribution in [1.29, 1.82) is 0 Å². The molecule has 1 fully saturated rings. The van der Waals surface area contributed by atoms with Gasteiger partial charge in [0.05, 0.1) is 26.5 Å². The van der Waals surface area contributed by atoms with Gasteiger partial charge in [0.2, 0.25) is 0 Å². The van der Waals surface area contributed by atoms with E-state index in [0.29, 0.717) is 31.1 Å². The minimum atomic E-state index is 0.0130. The molecule has 0 aliphatic carbocycles. The van der Waals surface area contributed by atoms with Gasteiger partial charge in [-0.2, -0.15) is 0 Å². The second kappa shape index (κ2) is 11.2. The van der Waals surface area contributed by atoms with Crippen molar-refractivity contribution in [2.24, 2.45) is 0 Å². The standard InChI is InChI=1S/C25H30N4O4S/c1-31-14-9-26-25-27-22(18-7-5-4-6-8-18)23(34-25)24(30)29-12-10-28(11-13-29)19-15-20(32-2)17-21(16-19)33-3/h4-8,15-17H,9-14H2,1-3H3,(H,26,27). The SMILES string of the molecule is COCCNc1nc(-c2ccccc2)c(C(=O)N2CCN(c3cc(OC)cc(OC)c3)CC2)s1. The summed E-state index contributed by atoms with van der Waals surface area (Å²) in [7, 11) is 4.95. The summed E-state index contributed by atoms with van der Waals surface area (Å²) in [6.07, 6.45) is 0. The van der Waals surface area contributed by atoms with Gasteiger partial charge in [0, 0.05) is 69.3 Å². The van der Waals surface area contributed by atoms with E-state index in [1.165, 1.54) is 11.3 Å². The zero-order valence-corrected chi connectivity index (χ0v) is 20.6. The van der Waals surface area contributed by atoms with E-state index in [-0.39, 0.29) is 5.91 Å². The average Bonchev–Trinajstić information content (AvgIpc) is 3.33. The second-order valence-corrected chi connectivity index (χ2v) is 8.83. The van der Waals surface area contributed by atoms with Crippen molar-refractivity contribution in [3.8, 4) is 22.8 Å². The van der Waals surface area contributed by atoms with E-state index in [1.54, 1.807) is 21.3 Å². The Labute approximate surface area is 204 Å². The van der Waals surface area contributed by atoms with Crippen molar-refractivity contribution in [3.05, 3.63) is 53.4 Å². The maximum atomic E-state index is 13.6. The number of amides is 1. The number of rotatable bonds is 9. The lowest BCUT2D eigenvalue weighted by molar-refractivity contribution is 0.0752. The Balaban J connectivity index is 1.50. The number of carbonyl (C=O) groups is 1. The Hall–Kier alpha value is -3.30. The average molecular weight is 483 g/mol. The summed E-state index contributed by atoms with van der Waals surface area (Å²) in [4.78, 5) is 23.1. The number of methoxy groups -OCH3 is 3. The Bertz CT molecular complexity index is 1080. The van der Waals surface area contributed by atoms with Crippen molar-refractivity contribution in [2.75, 3.05) is 70.9 Å². The minimum absolute atomic E-state index is 0.0130. The zero-order chi connectivity index (χ0) is 23.9. The van der Waals surface area contributed by atoms with Crippen molar-refractivity contribution < 1.29 is 19.0 Å². The second-order valence-electron chi connectivity index (χ2n) is 7.83. The van der Waals surface area contributed by atoms with Crippen LogP contribution in [-0.2, 0) is 4.74 Å². The number of piperazine rings is 1. The lowest BCUT2D eigenvalue weighted by Gasteiger charge is -2.36. The number of carbonyl (C=O) groups excluding carboxylic acids is 1.